The number of carbonyl (C=O) groups excluding carboxylic acids is 1. The SMILES string of the molecule is Cc1ccc(C(=O)C[P+](c2ccccc2)(c2ccccc2)c2ccccc2)cc1.Fc1c(F)c(F)c([B-](c2c(F)c(F)c(F)c(F)c2F)(c2c(F)c(F)c(F)c(F)c2F)c2c(F)c(F)c(F)c(F)c2F)c(F)c1F. The molecule has 8 aromatic carbocycles. The number of carbonyl (C=O) groups is 1. The zero-order chi connectivity index (χ0) is 54.5. The zero-order valence-corrected chi connectivity index (χ0v) is 37.6. The molecule has 8 rings (SSSR count). The van der Waals surface area contributed by atoms with Crippen molar-refractivity contribution in [2.75, 3.05) is 6.16 Å². The van der Waals surface area contributed by atoms with E-state index in [0.717, 1.165) is 11.1 Å². The average Bonchev–Trinajstić information content (AvgIpc) is 3.41. The van der Waals surface area contributed by atoms with Crippen molar-refractivity contribution < 1.29 is 92.6 Å². The highest BCUT2D eigenvalue weighted by molar-refractivity contribution is 7.96. The number of aryl methyl sites for hydroxylation is 1. The van der Waals surface area contributed by atoms with Gasteiger partial charge in [0.15, 0.2) is 69.8 Å². The van der Waals surface area contributed by atoms with Gasteiger partial charge in [0.05, 0.1) is 0 Å². The molecule has 0 bridgehead atoms. The lowest BCUT2D eigenvalue weighted by molar-refractivity contribution is 0.102. The van der Waals surface area contributed by atoms with Gasteiger partial charge in [-0.3, -0.25) is 4.79 Å². The lowest BCUT2D eigenvalue weighted by atomic mass is 9.12. The largest absolute Gasteiger partial charge is 0.290 e. The van der Waals surface area contributed by atoms with Crippen LogP contribution in [0.1, 0.15) is 15.9 Å². The summed E-state index contributed by atoms with van der Waals surface area (Å²) in [7, 11) is -2.14. The second kappa shape index (κ2) is 20.8. The Bertz CT molecular complexity index is 3010. The minimum atomic E-state index is -7.22. The number of rotatable bonds is 10. The first kappa shape index (κ1) is 54.3. The van der Waals surface area contributed by atoms with Crippen LogP contribution < -0.4 is 37.8 Å². The van der Waals surface area contributed by atoms with E-state index < -0.39 is 152 Å². The van der Waals surface area contributed by atoms with Gasteiger partial charge in [0.1, 0.15) is 82.0 Å². The Balaban J connectivity index is 0.000000237. The van der Waals surface area contributed by atoms with Crippen molar-refractivity contribution in [1.29, 1.82) is 0 Å². The average molecular weight is 1070 g/mol. The highest BCUT2D eigenvalue weighted by atomic mass is 31.2. The summed E-state index contributed by atoms with van der Waals surface area (Å²) < 4.78 is 294. The number of hydrogen-bond acceptors (Lipinski definition) is 1. The fraction of sp³-hybridized carbons (Fsp3) is 0.0392. The number of hydrogen-bond donors (Lipinski definition) is 0. The molecule has 0 unspecified atom stereocenters. The van der Waals surface area contributed by atoms with E-state index in [1.54, 1.807) is 0 Å². The first-order valence-corrected chi connectivity index (χ1v) is 22.8. The molecule has 0 atom stereocenters. The molecular weight excluding hydrogens is 1050 g/mol. The fourth-order valence-electron chi connectivity index (χ4n) is 8.69. The molecule has 8 aromatic rings. The quantitative estimate of drug-likeness (QED) is 0.0333. The Morgan fingerprint density at radius 1 is 0.311 bits per heavy atom. The Morgan fingerprint density at radius 2 is 0.514 bits per heavy atom. The summed E-state index contributed by atoms with van der Waals surface area (Å²) in [6, 6.07) is 39.6. The Labute approximate surface area is 404 Å². The van der Waals surface area contributed by atoms with Crippen molar-refractivity contribution in [3.8, 4) is 0 Å². The van der Waals surface area contributed by atoms with E-state index in [2.05, 4.69) is 72.8 Å². The third-order valence-electron chi connectivity index (χ3n) is 12.1. The summed E-state index contributed by atoms with van der Waals surface area (Å²) in [5.74, 6) is -71.2. The molecule has 0 aromatic heterocycles. The summed E-state index contributed by atoms with van der Waals surface area (Å²) in [5.41, 5.74) is -12.4. The first-order valence-electron chi connectivity index (χ1n) is 20.8. The van der Waals surface area contributed by atoms with Crippen molar-refractivity contribution in [2.45, 2.75) is 6.92 Å². The third kappa shape index (κ3) is 8.65. The Hall–Kier alpha value is -7.48. The van der Waals surface area contributed by atoms with Crippen molar-refractivity contribution in [2.24, 2.45) is 0 Å². The van der Waals surface area contributed by atoms with Crippen LogP contribution in [0.4, 0.5) is 87.8 Å². The molecule has 0 radical (unpaired) electrons. The van der Waals surface area contributed by atoms with Crippen LogP contribution in [0.15, 0.2) is 115 Å². The lowest BCUT2D eigenvalue weighted by Gasteiger charge is -2.44. The molecule has 0 fully saturated rings. The van der Waals surface area contributed by atoms with Gasteiger partial charge in [0, 0.05) is 5.56 Å². The van der Waals surface area contributed by atoms with E-state index in [4.69, 9.17) is 0 Å². The smallest absolute Gasteiger partial charge is 0.201 e. The van der Waals surface area contributed by atoms with Gasteiger partial charge in [-0.2, -0.15) is 0 Å². The highest BCUT2D eigenvalue weighted by Gasteiger charge is 2.53. The molecule has 0 N–H and O–H groups in total. The second-order valence-corrected chi connectivity index (χ2v) is 19.5. The molecule has 0 aliphatic heterocycles. The topological polar surface area (TPSA) is 17.1 Å². The first-order chi connectivity index (χ1) is 34.9. The van der Waals surface area contributed by atoms with Crippen LogP contribution in [-0.2, 0) is 0 Å². The van der Waals surface area contributed by atoms with Gasteiger partial charge in [0.25, 0.3) is 0 Å². The molecule has 23 heteroatoms. The van der Waals surface area contributed by atoms with E-state index in [1.165, 1.54) is 15.9 Å². The molecule has 0 amide bonds. The lowest BCUT2D eigenvalue weighted by Crippen LogP contribution is -2.81. The van der Waals surface area contributed by atoms with Crippen LogP contribution >= 0.6 is 7.26 Å². The number of Topliss-reactive ketones (excluding diaryl/α,β-unsaturated/α-hetero) is 1. The molecular formula is C51H24BF20OP. The van der Waals surface area contributed by atoms with Crippen molar-refractivity contribution in [1.82, 2.24) is 0 Å². The molecule has 0 heterocycles. The number of benzene rings is 8. The van der Waals surface area contributed by atoms with Crippen LogP contribution in [0, 0.1) is 123 Å². The molecule has 0 aliphatic carbocycles. The van der Waals surface area contributed by atoms with E-state index in [-0.39, 0.29) is 5.78 Å². The van der Waals surface area contributed by atoms with Crippen molar-refractivity contribution in [3.63, 3.8) is 0 Å². The zero-order valence-electron chi connectivity index (χ0n) is 36.7. The van der Waals surface area contributed by atoms with Crippen LogP contribution in [0.3, 0.4) is 0 Å². The van der Waals surface area contributed by atoms with E-state index in [1.807, 2.05) is 49.4 Å². The predicted octanol–water partition coefficient (Wildman–Crippen LogP) is 11.0. The summed E-state index contributed by atoms with van der Waals surface area (Å²) >= 11 is 0. The molecule has 0 spiro atoms. The maximum atomic E-state index is 15.4. The van der Waals surface area contributed by atoms with Gasteiger partial charge in [-0.15, -0.1) is 21.9 Å². The van der Waals surface area contributed by atoms with Crippen LogP contribution in [-0.4, -0.2) is 18.1 Å². The fourth-order valence-corrected chi connectivity index (χ4v) is 12.8. The van der Waals surface area contributed by atoms with Gasteiger partial charge in [-0.05, 0) is 43.3 Å². The van der Waals surface area contributed by atoms with Gasteiger partial charge < -0.3 is 0 Å². The monoisotopic (exact) mass is 1070 g/mol. The minimum Gasteiger partial charge on any atom is -0.290 e. The van der Waals surface area contributed by atoms with Crippen LogP contribution in [0.5, 0.6) is 0 Å². The van der Waals surface area contributed by atoms with E-state index in [0.29, 0.717) is 6.16 Å². The van der Waals surface area contributed by atoms with Crippen LogP contribution in [0.25, 0.3) is 0 Å². The summed E-state index contributed by atoms with van der Waals surface area (Å²) in [5, 5.41) is 3.70. The summed E-state index contributed by atoms with van der Waals surface area (Å²) in [6.07, 6.45) is -6.74. The second-order valence-electron chi connectivity index (χ2n) is 16.1. The highest BCUT2D eigenvalue weighted by Crippen LogP contribution is 2.55. The molecule has 0 saturated heterocycles. The van der Waals surface area contributed by atoms with E-state index in [9.17, 15) is 57.5 Å². The van der Waals surface area contributed by atoms with Crippen LogP contribution in [0.2, 0.25) is 0 Å². The third-order valence-corrected chi connectivity index (χ3v) is 16.4. The Morgan fingerprint density at radius 3 is 0.730 bits per heavy atom. The molecule has 74 heavy (non-hydrogen) atoms. The molecule has 382 valence electrons. The van der Waals surface area contributed by atoms with Gasteiger partial charge in [-0.1, -0.05) is 84.4 Å². The standard InChI is InChI=1S/C27H24OP.C24BF20/c1-22-17-19-23(20-18-22)27(28)21-29(24-11-5-2-6-12-24,25-13-7-3-8-14-25)26-15-9-4-10-16-26;26-5-1(6(27)14(35)21(42)13(5)34)25(2-7(28)15(36)22(43)16(37)8(2)29,3-9(30)17(38)23(44)18(39)10(3)31)4-11(32)19(40)24(45)20(41)12(4)33/h2-20H,21H2,1H3;/q+1;-1. The predicted molar refractivity (Wildman–Crippen MR) is 235 cm³/mol. The maximum absolute atomic E-state index is 15.4. The number of halogens is 20. The van der Waals surface area contributed by atoms with Crippen molar-refractivity contribution >= 4 is 57.0 Å². The maximum Gasteiger partial charge on any atom is 0.201 e. The number of ketones is 1. The van der Waals surface area contributed by atoms with Crippen molar-refractivity contribution in [3.05, 3.63) is 243 Å². The van der Waals surface area contributed by atoms with Gasteiger partial charge >= 0.3 is 0 Å². The normalized spacial score (nSPS) is 11.7. The van der Waals surface area contributed by atoms with Gasteiger partial charge in [-0.25, -0.2) is 87.8 Å². The molecule has 0 saturated carbocycles. The van der Waals surface area contributed by atoms with Gasteiger partial charge in [0.2, 0.25) is 5.78 Å². The minimum absolute atomic E-state index is 0.190. The molecule has 1 nitrogen and oxygen atoms in total. The summed E-state index contributed by atoms with van der Waals surface area (Å²) in [4.78, 5) is 13.5. The van der Waals surface area contributed by atoms with E-state index >= 15 is 35.1 Å². The Kier molecular flexibility index (Phi) is 15.3. The molecule has 0 aliphatic rings. The summed E-state index contributed by atoms with van der Waals surface area (Å²) in [6.45, 7) is 2.05.